The monoisotopic (exact) mass is 595 g/mol. The van der Waals surface area contributed by atoms with Gasteiger partial charge in [-0.2, -0.15) is 0 Å². The third-order valence-corrected chi connectivity index (χ3v) is 10.8. The molecule has 1 N–H and O–H groups in total. The van der Waals surface area contributed by atoms with Crippen molar-refractivity contribution in [2.45, 2.75) is 25.4 Å². The van der Waals surface area contributed by atoms with E-state index in [9.17, 15) is 0 Å². The highest BCUT2D eigenvalue weighted by Crippen LogP contribution is 2.48. The first-order chi connectivity index (χ1) is 22.3. The van der Waals surface area contributed by atoms with Crippen molar-refractivity contribution in [3.63, 3.8) is 0 Å². The molecule has 0 bridgehead atoms. The maximum Gasteiger partial charge on any atom is 0.144 e. The highest BCUT2D eigenvalue weighted by Gasteiger charge is 2.30. The Morgan fingerprint density at radius 2 is 1.44 bits per heavy atom. The number of nitrogens with one attached hydrogen (secondary N) is 1. The number of anilines is 1. The molecule has 0 saturated carbocycles. The van der Waals surface area contributed by atoms with Gasteiger partial charge >= 0.3 is 0 Å². The van der Waals surface area contributed by atoms with Crippen LogP contribution in [0.5, 0.6) is 0 Å². The lowest BCUT2D eigenvalue weighted by molar-refractivity contribution is 0.749. The fourth-order valence-corrected chi connectivity index (χ4v) is 8.78. The molecule has 1 atom stereocenters. The quantitative estimate of drug-likeness (QED) is 0.216. The summed E-state index contributed by atoms with van der Waals surface area (Å²) in [7, 11) is 0. The molecule has 3 heterocycles. The second kappa shape index (κ2) is 9.65. The Morgan fingerprint density at radius 1 is 0.711 bits per heavy atom. The molecule has 0 saturated heterocycles. The molecule has 1 aliphatic carbocycles. The molecule has 1 unspecified atom stereocenters. The zero-order valence-corrected chi connectivity index (χ0v) is 25.4. The molecule has 214 valence electrons. The third kappa shape index (κ3) is 3.79. The largest absolute Gasteiger partial charge is 0.350 e. The number of aliphatic imine (C=N–C) groups is 1. The van der Waals surface area contributed by atoms with Gasteiger partial charge in [-0.3, -0.25) is 0 Å². The van der Waals surface area contributed by atoms with Gasteiger partial charge in [-0.1, -0.05) is 103 Å². The smallest absolute Gasteiger partial charge is 0.144 e. The lowest BCUT2D eigenvalue weighted by atomic mass is 9.86. The van der Waals surface area contributed by atoms with E-state index < -0.39 is 0 Å². The normalized spacial score (nSPS) is 15.9. The minimum atomic E-state index is -0.129. The van der Waals surface area contributed by atoms with E-state index >= 15 is 0 Å². The molecule has 8 aromatic rings. The summed E-state index contributed by atoms with van der Waals surface area (Å²) < 4.78 is 3.77. The molecule has 0 radical (unpaired) electrons. The molecular formula is C41H29N3S. The second-order valence-corrected chi connectivity index (χ2v) is 13.3. The third-order valence-electron chi connectivity index (χ3n) is 9.75. The van der Waals surface area contributed by atoms with Gasteiger partial charge < -0.3 is 9.88 Å². The maximum atomic E-state index is 5.60. The average molecular weight is 596 g/mol. The Morgan fingerprint density at radius 3 is 2.33 bits per heavy atom. The number of hydrogen-bond acceptors (Lipinski definition) is 3. The van der Waals surface area contributed by atoms with Crippen LogP contribution in [0.1, 0.15) is 29.3 Å². The van der Waals surface area contributed by atoms with E-state index in [0.717, 1.165) is 35.7 Å². The van der Waals surface area contributed by atoms with E-state index in [0.29, 0.717) is 0 Å². The molecule has 3 nitrogen and oxygen atoms in total. The van der Waals surface area contributed by atoms with Crippen molar-refractivity contribution in [2.24, 2.45) is 4.99 Å². The molecule has 0 amide bonds. The van der Waals surface area contributed by atoms with E-state index in [-0.39, 0.29) is 6.17 Å². The number of aromatic nitrogens is 1. The van der Waals surface area contributed by atoms with Crippen molar-refractivity contribution >= 4 is 87.2 Å². The summed E-state index contributed by atoms with van der Waals surface area (Å²) in [5, 5.41) is 14.1. The Labute approximate surface area is 264 Å². The number of fused-ring (bicyclic) bond motifs is 10. The predicted octanol–water partition coefficient (Wildman–Crippen LogP) is 11.2. The summed E-state index contributed by atoms with van der Waals surface area (Å²) in [6.07, 6.45) is 7.45. The van der Waals surface area contributed by atoms with Crippen molar-refractivity contribution in [1.29, 1.82) is 0 Å². The van der Waals surface area contributed by atoms with Gasteiger partial charge in [0.2, 0.25) is 0 Å². The number of rotatable bonds is 3. The molecule has 6 aromatic carbocycles. The minimum Gasteiger partial charge on any atom is -0.350 e. The van der Waals surface area contributed by atoms with Crippen LogP contribution < -0.4 is 5.32 Å². The molecule has 2 aliphatic rings. The van der Waals surface area contributed by atoms with Gasteiger partial charge in [-0.25, -0.2) is 4.99 Å². The summed E-state index contributed by atoms with van der Waals surface area (Å²) in [4.78, 5) is 5.60. The molecule has 1 aliphatic heterocycles. The van der Waals surface area contributed by atoms with Crippen LogP contribution in [0.2, 0.25) is 0 Å². The Bertz CT molecular complexity index is 2560. The lowest BCUT2D eigenvalue weighted by Gasteiger charge is -2.29. The van der Waals surface area contributed by atoms with Crippen LogP contribution in [-0.2, 0) is 12.8 Å². The summed E-state index contributed by atoms with van der Waals surface area (Å²) >= 11 is 1.81. The number of allylic oxidation sites excluding steroid dienone is 1. The van der Waals surface area contributed by atoms with E-state index in [2.05, 4.69) is 137 Å². The van der Waals surface area contributed by atoms with Crippen LogP contribution >= 0.6 is 11.3 Å². The van der Waals surface area contributed by atoms with Crippen molar-refractivity contribution in [3.8, 4) is 0 Å². The molecule has 2 aromatic heterocycles. The number of para-hydroxylation sites is 1. The highest BCUT2D eigenvalue weighted by atomic mass is 32.1. The van der Waals surface area contributed by atoms with Gasteiger partial charge in [0.15, 0.2) is 0 Å². The van der Waals surface area contributed by atoms with Crippen LogP contribution in [0.3, 0.4) is 0 Å². The van der Waals surface area contributed by atoms with E-state index in [1.54, 1.807) is 11.3 Å². The van der Waals surface area contributed by atoms with Crippen molar-refractivity contribution < 1.29 is 0 Å². The second-order valence-electron chi connectivity index (χ2n) is 12.3. The van der Waals surface area contributed by atoms with Crippen LogP contribution in [0.25, 0.3) is 59.5 Å². The van der Waals surface area contributed by atoms with Crippen LogP contribution in [0.15, 0.2) is 126 Å². The number of nitrogens with zero attached hydrogens (tertiary/aromatic N) is 2. The zero-order chi connectivity index (χ0) is 29.5. The summed E-state index contributed by atoms with van der Waals surface area (Å²) in [5.74, 6) is 0. The molecular weight excluding hydrogens is 567 g/mol. The highest BCUT2D eigenvalue weighted by molar-refractivity contribution is 7.23. The first-order valence-electron chi connectivity index (χ1n) is 15.8. The van der Waals surface area contributed by atoms with Crippen LogP contribution in [-0.4, -0.2) is 10.3 Å². The fourth-order valence-electron chi connectivity index (χ4n) is 7.71. The summed E-state index contributed by atoms with van der Waals surface area (Å²) in [6, 6.07) is 42.2. The van der Waals surface area contributed by atoms with E-state index in [4.69, 9.17) is 4.99 Å². The van der Waals surface area contributed by atoms with Gasteiger partial charge in [0.25, 0.3) is 0 Å². The first-order valence-corrected chi connectivity index (χ1v) is 16.6. The number of thiophene rings is 1. The first kappa shape index (κ1) is 25.2. The van der Waals surface area contributed by atoms with Crippen molar-refractivity contribution in [1.82, 2.24) is 4.57 Å². The van der Waals surface area contributed by atoms with E-state index in [1.807, 2.05) is 0 Å². The van der Waals surface area contributed by atoms with Crippen LogP contribution in [0, 0.1) is 0 Å². The molecule has 0 fully saturated rings. The van der Waals surface area contributed by atoms with Crippen molar-refractivity contribution in [2.75, 3.05) is 5.32 Å². The topological polar surface area (TPSA) is 29.3 Å². The summed E-state index contributed by atoms with van der Waals surface area (Å²) in [5.41, 5.74) is 8.89. The fraction of sp³-hybridized carbons (Fsp3) is 0.0976. The molecule has 45 heavy (non-hydrogen) atoms. The molecule has 4 heteroatoms. The van der Waals surface area contributed by atoms with Gasteiger partial charge in [0, 0.05) is 27.3 Å². The van der Waals surface area contributed by atoms with Crippen LogP contribution in [0.4, 0.5) is 10.7 Å². The SMILES string of the molecule is C1=Cc2c(c(CC3=Nc4c(sc5ccccc45)NC3n3c4ccccc4c4cc5ccccc5cc43)cc3ccccc23)CC1. The Hall–Kier alpha value is -5.19. The van der Waals surface area contributed by atoms with Gasteiger partial charge in [0.05, 0.1) is 16.7 Å². The summed E-state index contributed by atoms with van der Waals surface area (Å²) in [6.45, 7) is 0. The number of hydrogen-bond donors (Lipinski definition) is 1. The zero-order valence-electron chi connectivity index (χ0n) is 24.6. The van der Waals surface area contributed by atoms with Crippen molar-refractivity contribution in [3.05, 3.63) is 138 Å². The Balaban J connectivity index is 1.24. The maximum absolute atomic E-state index is 5.60. The molecule has 0 spiro atoms. The van der Waals surface area contributed by atoms with Gasteiger partial charge in [0.1, 0.15) is 16.9 Å². The predicted molar refractivity (Wildman–Crippen MR) is 194 cm³/mol. The standard InChI is InChI=1S/C41H29N3S/c1-2-12-26-24-37-34(22-25(26)11-1)32-17-7-9-19-36(32)44(37)40-35(42-39-33-18-8-10-20-38(33)45-41(39)43-40)23-28-21-27-13-3-4-14-29(27)31-16-6-5-15-30(28)31/h1-4,6-14,16-22,24,40,43H,5,15,23H2. The Kier molecular flexibility index (Phi) is 5.40. The average Bonchev–Trinajstić information content (AvgIpc) is 3.61. The van der Waals surface area contributed by atoms with Gasteiger partial charge in [-0.15, -0.1) is 11.3 Å². The minimum absolute atomic E-state index is 0.129. The number of benzene rings is 6. The van der Waals surface area contributed by atoms with E-state index in [1.165, 1.54) is 70.1 Å². The van der Waals surface area contributed by atoms with Gasteiger partial charge in [-0.05, 0) is 75.3 Å². The lowest BCUT2D eigenvalue weighted by Crippen LogP contribution is -2.30. The molecule has 10 rings (SSSR count).